The summed E-state index contributed by atoms with van der Waals surface area (Å²) in [6.07, 6.45) is 6.56. The molecule has 0 aromatic heterocycles. The van der Waals surface area contributed by atoms with Crippen LogP contribution in [-0.4, -0.2) is 0 Å². The third-order valence-electron chi connectivity index (χ3n) is 7.76. The average molecular weight is 484 g/mol. The molecular formula is C33H26NOP. The fourth-order valence-electron chi connectivity index (χ4n) is 6.11. The van der Waals surface area contributed by atoms with E-state index in [1.165, 1.54) is 33.7 Å². The molecule has 4 aromatic carbocycles. The van der Waals surface area contributed by atoms with E-state index < -0.39 is 7.14 Å². The molecule has 0 fully saturated rings. The molecule has 7 rings (SSSR count). The van der Waals surface area contributed by atoms with E-state index in [2.05, 4.69) is 66.1 Å². The lowest BCUT2D eigenvalue weighted by Crippen LogP contribution is -2.30. The number of benzene rings is 4. The van der Waals surface area contributed by atoms with Gasteiger partial charge in [0.15, 0.2) is 7.14 Å². The molecule has 1 atom stereocenters. The standard InChI is InChI=1S/C33H26NOP/c1-23-27-16-10-11-19-31(27)34-32-21-20-26(22-30(32)28-17-8-9-18-29(28)33(23)34)36(35,24-12-4-2-5-13-24)25-14-6-3-7-15-25/h2-10,12-18,20-22,33H,1,11,19H2. The Labute approximate surface area is 212 Å². The minimum Gasteiger partial charge on any atom is -0.332 e. The molecule has 0 amide bonds. The predicted octanol–water partition coefficient (Wildman–Crippen LogP) is 7.03. The van der Waals surface area contributed by atoms with Gasteiger partial charge in [-0.1, -0.05) is 104 Å². The molecule has 174 valence electrons. The number of nitrogens with zero attached hydrogens (tertiary/aromatic N) is 1. The number of hydrogen-bond acceptors (Lipinski definition) is 2. The van der Waals surface area contributed by atoms with E-state index in [0.717, 1.165) is 34.3 Å². The average Bonchev–Trinajstić information content (AvgIpc) is 3.26. The maximum Gasteiger partial charge on any atom is 0.171 e. The van der Waals surface area contributed by atoms with Crippen molar-refractivity contribution in [2.45, 2.75) is 18.9 Å². The molecule has 0 N–H and O–H groups in total. The SMILES string of the molecule is C=C1C2=C(CCC=C2)N2c3ccc(P(=O)(c4ccccc4)c4ccccc4)cc3-c3ccccc3C12. The highest BCUT2D eigenvalue weighted by atomic mass is 31.2. The maximum absolute atomic E-state index is 15.1. The van der Waals surface area contributed by atoms with Gasteiger partial charge in [0.2, 0.25) is 0 Å². The Balaban J connectivity index is 1.49. The van der Waals surface area contributed by atoms with Crippen LogP contribution in [0.25, 0.3) is 11.1 Å². The normalized spacial score (nSPS) is 17.9. The lowest BCUT2D eigenvalue weighted by atomic mass is 9.86. The van der Waals surface area contributed by atoms with Gasteiger partial charge in [0.1, 0.15) is 0 Å². The molecule has 0 saturated heterocycles. The van der Waals surface area contributed by atoms with E-state index in [0.29, 0.717) is 0 Å². The van der Waals surface area contributed by atoms with Gasteiger partial charge in [-0.05, 0) is 53.3 Å². The third kappa shape index (κ3) is 2.95. The van der Waals surface area contributed by atoms with Crippen LogP contribution in [0.15, 0.2) is 139 Å². The van der Waals surface area contributed by atoms with Crippen molar-refractivity contribution in [3.05, 3.63) is 144 Å². The number of fused-ring (bicyclic) bond motifs is 7. The molecule has 3 heteroatoms. The number of allylic oxidation sites excluding steroid dienone is 3. The molecular weight excluding hydrogens is 457 g/mol. The molecule has 2 nitrogen and oxygen atoms in total. The van der Waals surface area contributed by atoms with Crippen LogP contribution in [0.1, 0.15) is 24.4 Å². The predicted molar refractivity (Wildman–Crippen MR) is 151 cm³/mol. The largest absolute Gasteiger partial charge is 0.332 e. The van der Waals surface area contributed by atoms with Crippen molar-refractivity contribution in [2.75, 3.05) is 4.90 Å². The summed E-state index contributed by atoms with van der Waals surface area (Å²) in [5, 5.41) is 2.58. The Bertz CT molecular complexity index is 1590. The smallest absolute Gasteiger partial charge is 0.171 e. The van der Waals surface area contributed by atoms with E-state index in [-0.39, 0.29) is 6.04 Å². The summed E-state index contributed by atoms with van der Waals surface area (Å²) in [6.45, 7) is 4.54. The summed E-state index contributed by atoms with van der Waals surface area (Å²) in [5.41, 5.74) is 8.58. The number of rotatable bonds is 3. The first-order valence-corrected chi connectivity index (χ1v) is 14.2. The van der Waals surface area contributed by atoms with Gasteiger partial charge in [0, 0.05) is 32.9 Å². The molecule has 36 heavy (non-hydrogen) atoms. The molecule has 1 unspecified atom stereocenters. The topological polar surface area (TPSA) is 20.3 Å². The Morgan fingerprint density at radius 1 is 0.750 bits per heavy atom. The Morgan fingerprint density at radius 2 is 1.42 bits per heavy atom. The minimum absolute atomic E-state index is 0.113. The monoisotopic (exact) mass is 483 g/mol. The van der Waals surface area contributed by atoms with Crippen LogP contribution in [-0.2, 0) is 4.57 Å². The second kappa shape index (κ2) is 8.08. The highest BCUT2D eigenvalue weighted by Gasteiger charge is 2.42. The van der Waals surface area contributed by atoms with Gasteiger partial charge in [-0.15, -0.1) is 0 Å². The van der Waals surface area contributed by atoms with E-state index >= 15 is 4.57 Å². The van der Waals surface area contributed by atoms with Crippen molar-refractivity contribution >= 4 is 28.7 Å². The van der Waals surface area contributed by atoms with Crippen molar-refractivity contribution in [3.63, 3.8) is 0 Å². The van der Waals surface area contributed by atoms with Crippen LogP contribution < -0.4 is 20.8 Å². The first-order chi connectivity index (χ1) is 17.7. The molecule has 1 aliphatic carbocycles. The quantitative estimate of drug-likeness (QED) is 0.292. The molecule has 0 spiro atoms. The summed E-state index contributed by atoms with van der Waals surface area (Å²) in [4.78, 5) is 2.48. The summed E-state index contributed by atoms with van der Waals surface area (Å²) in [7, 11) is -3.06. The zero-order valence-corrected chi connectivity index (χ0v) is 20.9. The van der Waals surface area contributed by atoms with Gasteiger partial charge in [0.25, 0.3) is 0 Å². The molecule has 2 heterocycles. The minimum atomic E-state index is -3.06. The Hall–Kier alpha value is -3.87. The fraction of sp³-hybridized carbons (Fsp3) is 0.0909. The molecule has 0 bridgehead atoms. The van der Waals surface area contributed by atoms with Crippen molar-refractivity contribution in [1.29, 1.82) is 0 Å². The van der Waals surface area contributed by atoms with Gasteiger partial charge in [0.05, 0.1) is 6.04 Å². The Morgan fingerprint density at radius 3 is 2.14 bits per heavy atom. The van der Waals surface area contributed by atoms with Gasteiger partial charge >= 0.3 is 0 Å². The first kappa shape index (κ1) is 21.4. The summed E-state index contributed by atoms with van der Waals surface area (Å²) in [6, 6.07) is 35.1. The van der Waals surface area contributed by atoms with E-state index in [4.69, 9.17) is 0 Å². The summed E-state index contributed by atoms with van der Waals surface area (Å²) < 4.78 is 15.1. The van der Waals surface area contributed by atoms with E-state index in [1.54, 1.807) is 0 Å². The molecule has 0 radical (unpaired) electrons. The van der Waals surface area contributed by atoms with Crippen LogP contribution in [0.5, 0.6) is 0 Å². The first-order valence-electron chi connectivity index (χ1n) is 12.5. The number of anilines is 1. The van der Waals surface area contributed by atoms with Crippen LogP contribution >= 0.6 is 7.14 Å². The highest BCUT2D eigenvalue weighted by molar-refractivity contribution is 7.85. The highest BCUT2D eigenvalue weighted by Crippen LogP contribution is 2.56. The molecule has 3 aliphatic rings. The fourth-order valence-corrected chi connectivity index (χ4v) is 8.79. The van der Waals surface area contributed by atoms with Crippen LogP contribution in [0.4, 0.5) is 5.69 Å². The molecule has 2 aliphatic heterocycles. The molecule has 4 aromatic rings. The van der Waals surface area contributed by atoms with Gasteiger partial charge in [-0.3, -0.25) is 0 Å². The lowest BCUT2D eigenvalue weighted by molar-refractivity contribution is 0.592. The summed E-state index contributed by atoms with van der Waals surface area (Å²) >= 11 is 0. The lowest BCUT2D eigenvalue weighted by Gasteiger charge is -2.38. The second-order valence-electron chi connectivity index (χ2n) is 9.67. The second-order valence-corrected chi connectivity index (χ2v) is 12.4. The van der Waals surface area contributed by atoms with E-state index in [9.17, 15) is 0 Å². The van der Waals surface area contributed by atoms with Crippen LogP contribution in [0, 0.1) is 0 Å². The van der Waals surface area contributed by atoms with Crippen molar-refractivity contribution in [1.82, 2.24) is 0 Å². The van der Waals surface area contributed by atoms with Crippen molar-refractivity contribution < 1.29 is 4.57 Å². The van der Waals surface area contributed by atoms with Gasteiger partial charge in [-0.2, -0.15) is 0 Å². The van der Waals surface area contributed by atoms with Gasteiger partial charge in [-0.25, -0.2) is 0 Å². The maximum atomic E-state index is 15.1. The van der Waals surface area contributed by atoms with Crippen molar-refractivity contribution in [3.8, 4) is 11.1 Å². The third-order valence-corrected chi connectivity index (χ3v) is 10.8. The zero-order valence-electron chi connectivity index (χ0n) is 20.0. The van der Waals surface area contributed by atoms with Gasteiger partial charge < -0.3 is 9.46 Å². The van der Waals surface area contributed by atoms with Crippen LogP contribution in [0.2, 0.25) is 0 Å². The zero-order chi connectivity index (χ0) is 24.3. The summed E-state index contributed by atoms with van der Waals surface area (Å²) in [5.74, 6) is 0. The van der Waals surface area contributed by atoms with E-state index in [1.807, 2.05) is 60.7 Å². The van der Waals surface area contributed by atoms with Crippen LogP contribution in [0.3, 0.4) is 0 Å². The Kier molecular flexibility index (Phi) is 4.81. The number of hydrogen-bond donors (Lipinski definition) is 0. The van der Waals surface area contributed by atoms with Crippen molar-refractivity contribution in [2.24, 2.45) is 0 Å². The molecule has 0 saturated carbocycles.